The number of benzene rings is 2. The second-order valence-corrected chi connectivity index (χ2v) is 5.53. The number of halogens is 4. The van der Waals surface area contributed by atoms with Gasteiger partial charge in [-0.2, -0.15) is 0 Å². The zero-order valence-corrected chi connectivity index (χ0v) is 12.6. The number of amides is 1. The van der Waals surface area contributed by atoms with E-state index >= 15 is 0 Å². The van der Waals surface area contributed by atoms with Crippen molar-refractivity contribution in [3.8, 4) is 0 Å². The molecule has 1 N–H and O–H groups in total. The minimum Gasteiger partial charge on any atom is -0.370 e. The van der Waals surface area contributed by atoms with Gasteiger partial charge in [-0.3, -0.25) is 4.79 Å². The van der Waals surface area contributed by atoms with Gasteiger partial charge in [0.1, 0.15) is 5.82 Å². The Balaban J connectivity index is 1.92. The second kappa shape index (κ2) is 6.51. The lowest BCUT2D eigenvalue weighted by molar-refractivity contribution is 0.102. The van der Waals surface area contributed by atoms with E-state index in [4.69, 9.17) is 0 Å². The van der Waals surface area contributed by atoms with Crippen molar-refractivity contribution in [2.75, 3.05) is 23.3 Å². The molecule has 0 radical (unpaired) electrons. The number of nitrogens with zero attached hydrogens (tertiary/aromatic N) is 1. The van der Waals surface area contributed by atoms with Crippen LogP contribution in [-0.4, -0.2) is 19.0 Å². The van der Waals surface area contributed by atoms with E-state index in [1.54, 1.807) is 0 Å². The lowest BCUT2D eigenvalue weighted by Gasteiger charge is -2.21. The predicted molar refractivity (Wildman–Crippen MR) is 82.1 cm³/mol. The van der Waals surface area contributed by atoms with E-state index in [9.17, 15) is 22.4 Å². The van der Waals surface area contributed by atoms with Crippen molar-refractivity contribution in [2.45, 2.75) is 12.8 Å². The van der Waals surface area contributed by atoms with Gasteiger partial charge in [-0.25, -0.2) is 17.6 Å². The molecule has 7 heteroatoms. The van der Waals surface area contributed by atoms with E-state index < -0.39 is 34.7 Å². The minimum atomic E-state index is -1.72. The molecular formula is C17H14F4N2O. The van der Waals surface area contributed by atoms with Gasteiger partial charge in [-0.15, -0.1) is 0 Å². The molecular weight excluding hydrogens is 324 g/mol. The number of carbonyl (C=O) groups is 1. The van der Waals surface area contributed by atoms with Gasteiger partial charge in [-0.1, -0.05) is 0 Å². The van der Waals surface area contributed by atoms with Crippen LogP contribution in [0.15, 0.2) is 30.3 Å². The van der Waals surface area contributed by atoms with E-state index in [1.165, 1.54) is 12.1 Å². The molecule has 3 nitrogen and oxygen atoms in total. The van der Waals surface area contributed by atoms with Gasteiger partial charge in [0.2, 0.25) is 0 Å². The number of carbonyl (C=O) groups excluding carboxylic acids is 1. The van der Waals surface area contributed by atoms with Crippen LogP contribution in [0.5, 0.6) is 0 Å². The zero-order chi connectivity index (χ0) is 17.3. The lowest BCUT2D eigenvalue weighted by atomic mass is 10.1. The third-order valence-corrected chi connectivity index (χ3v) is 3.93. The molecule has 3 rings (SSSR count). The average molecular weight is 338 g/mol. The fraction of sp³-hybridized carbons (Fsp3) is 0.235. The zero-order valence-electron chi connectivity index (χ0n) is 12.6. The third-order valence-electron chi connectivity index (χ3n) is 3.93. The van der Waals surface area contributed by atoms with Crippen LogP contribution in [0, 0.1) is 23.3 Å². The van der Waals surface area contributed by atoms with Gasteiger partial charge in [0, 0.05) is 13.1 Å². The maximum Gasteiger partial charge on any atom is 0.258 e. The quantitative estimate of drug-likeness (QED) is 0.675. The summed E-state index contributed by atoms with van der Waals surface area (Å²) in [6.07, 6.45) is 1.95. The Labute approximate surface area is 135 Å². The Morgan fingerprint density at radius 1 is 0.958 bits per heavy atom. The van der Waals surface area contributed by atoms with Crippen LogP contribution in [-0.2, 0) is 0 Å². The first-order valence-electron chi connectivity index (χ1n) is 7.46. The molecule has 0 atom stereocenters. The second-order valence-electron chi connectivity index (χ2n) is 5.53. The molecule has 0 saturated carbocycles. The Hall–Kier alpha value is -2.57. The molecule has 0 aliphatic carbocycles. The number of rotatable bonds is 3. The monoisotopic (exact) mass is 338 g/mol. The topological polar surface area (TPSA) is 32.3 Å². The highest BCUT2D eigenvalue weighted by atomic mass is 19.2. The number of hydrogen-bond acceptors (Lipinski definition) is 2. The summed E-state index contributed by atoms with van der Waals surface area (Å²) in [5.74, 6) is -6.22. The smallest absolute Gasteiger partial charge is 0.258 e. The molecule has 1 amide bonds. The first-order valence-corrected chi connectivity index (χ1v) is 7.46. The summed E-state index contributed by atoms with van der Waals surface area (Å²) in [6.45, 7) is 1.52. The molecule has 2 aromatic rings. The van der Waals surface area contributed by atoms with Crippen LogP contribution in [0.25, 0.3) is 0 Å². The van der Waals surface area contributed by atoms with Gasteiger partial charge in [-0.05, 0) is 43.2 Å². The van der Waals surface area contributed by atoms with E-state index in [0.717, 1.165) is 38.1 Å². The molecule has 0 unspecified atom stereocenters. The molecule has 1 aliphatic heterocycles. The normalized spacial score (nSPS) is 14.1. The molecule has 0 aromatic heterocycles. The predicted octanol–water partition coefficient (Wildman–Crippen LogP) is 4.10. The minimum absolute atomic E-state index is 0.158. The maximum atomic E-state index is 13.7. The van der Waals surface area contributed by atoms with Gasteiger partial charge in [0.25, 0.3) is 5.91 Å². The summed E-state index contributed by atoms with van der Waals surface area (Å²) in [5.41, 5.74) is 0.113. The molecule has 1 saturated heterocycles. The molecule has 0 spiro atoms. The highest BCUT2D eigenvalue weighted by Crippen LogP contribution is 2.30. The first kappa shape index (κ1) is 16.3. The molecule has 24 heavy (non-hydrogen) atoms. The van der Waals surface area contributed by atoms with Crippen LogP contribution in [0.3, 0.4) is 0 Å². The number of hydrogen-bond donors (Lipinski definition) is 1. The first-order chi connectivity index (χ1) is 11.5. The van der Waals surface area contributed by atoms with Crippen LogP contribution in [0.1, 0.15) is 23.2 Å². The Kier molecular flexibility index (Phi) is 4.42. The van der Waals surface area contributed by atoms with Crippen molar-refractivity contribution in [3.63, 3.8) is 0 Å². The van der Waals surface area contributed by atoms with E-state index in [1.807, 2.05) is 4.90 Å². The van der Waals surface area contributed by atoms with Gasteiger partial charge in [0.15, 0.2) is 17.5 Å². The van der Waals surface area contributed by atoms with Crippen LogP contribution >= 0.6 is 0 Å². The third kappa shape index (κ3) is 3.06. The summed E-state index contributed by atoms with van der Waals surface area (Å²) in [4.78, 5) is 14.2. The lowest BCUT2D eigenvalue weighted by Crippen LogP contribution is -2.22. The molecule has 1 aliphatic rings. The maximum absolute atomic E-state index is 13.7. The van der Waals surface area contributed by atoms with Crippen LogP contribution in [0.4, 0.5) is 28.9 Å². The summed E-state index contributed by atoms with van der Waals surface area (Å²) >= 11 is 0. The molecule has 1 heterocycles. The van der Waals surface area contributed by atoms with Gasteiger partial charge >= 0.3 is 0 Å². The van der Waals surface area contributed by atoms with E-state index in [-0.39, 0.29) is 5.69 Å². The van der Waals surface area contributed by atoms with Crippen molar-refractivity contribution in [3.05, 3.63) is 59.2 Å². The number of anilines is 2. The summed E-state index contributed by atoms with van der Waals surface area (Å²) in [6, 6.07) is 5.42. The van der Waals surface area contributed by atoms with Crippen molar-refractivity contribution in [2.24, 2.45) is 0 Å². The van der Waals surface area contributed by atoms with E-state index in [0.29, 0.717) is 11.8 Å². The van der Waals surface area contributed by atoms with E-state index in [2.05, 4.69) is 5.32 Å². The standard InChI is InChI=1S/C17H14F4N2O/c18-10-3-6-14(23-7-1-2-8-23)13(9-10)22-17(24)11-4-5-12(19)16(21)15(11)20/h3-6,9H,1-2,7-8H2,(H,22,24). The highest BCUT2D eigenvalue weighted by Gasteiger charge is 2.22. The molecule has 126 valence electrons. The van der Waals surface area contributed by atoms with Crippen LogP contribution in [0.2, 0.25) is 0 Å². The Morgan fingerprint density at radius 2 is 1.67 bits per heavy atom. The Morgan fingerprint density at radius 3 is 2.38 bits per heavy atom. The highest BCUT2D eigenvalue weighted by molar-refractivity contribution is 6.06. The Bertz CT molecular complexity index is 788. The van der Waals surface area contributed by atoms with Crippen molar-refractivity contribution in [1.29, 1.82) is 0 Å². The summed E-state index contributed by atoms with van der Waals surface area (Å²) in [5, 5.41) is 2.38. The summed E-state index contributed by atoms with van der Waals surface area (Å²) < 4.78 is 53.5. The SMILES string of the molecule is O=C(Nc1cc(F)ccc1N1CCCC1)c1ccc(F)c(F)c1F. The fourth-order valence-corrected chi connectivity index (χ4v) is 2.73. The van der Waals surface area contributed by atoms with Crippen molar-refractivity contribution in [1.82, 2.24) is 0 Å². The van der Waals surface area contributed by atoms with Gasteiger partial charge in [0.05, 0.1) is 16.9 Å². The van der Waals surface area contributed by atoms with Crippen LogP contribution < -0.4 is 10.2 Å². The largest absolute Gasteiger partial charge is 0.370 e. The van der Waals surface area contributed by atoms with Crippen molar-refractivity contribution < 1.29 is 22.4 Å². The average Bonchev–Trinajstić information content (AvgIpc) is 3.07. The summed E-state index contributed by atoms with van der Waals surface area (Å²) in [7, 11) is 0. The fourth-order valence-electron chi connectivity index (χ4n) is 2.73. The number of nitrogens with one attached hydrogen (secondary N) is 1. The molecule has 1 fully saturated rings. The molecule has 2 aromatic carbocycles. The van der Waals surface area contributed by atoms with Crippen molar-refractivity contribution >= 4 is 17.3 Å². The van der Waals surface area contributed by atoms with Gasteiger partial charge < -0.3 is 10.2 Å². The molecule has 0 bridgehead atoms.